The van der Waals surface area contributed by atoms with E-state index in [4.69, 9.17) is 14.1 Å². The fraction of sp³-hybridized carbons (Fsp3) is 0.533. The normalized spacial score (nSPS) is 12.0. The molecule has 0 radical (unpaired) electrons. The Morgan fingerprint density at radius 3 is 2.23 bits per heavy atom. The number of aliphatic hydroxyl groups is 1. The van der Waals surface area contributed by atoms with Crippen LogP contribution in [0.5, 0.6) is 11.5 Å². The molecule has 0 aliphatic carbocycles. The van der Waals surface area contributed by atoms with Crippen LogP contribution in [0.25, 0.3) is 0 Å². The van der Waals surface area contributed by atoms with E-state index in [1.807, 2.05) is 0 Å². The monoisotopic (exact) mass is 310 g/mol. The number of esters is 1. The van der Waals surface area contributed by atoms with Crippen LogP contribution in [0, 0.1) is 0 Å². The van der Waals surface area contributed by atoms with Crippen LogP contribution in [0.1, 0.15) is 34.6 Å². The first-order chi connectivity index (χ1) is 9.98. The minimum absolute atomic E-state index is 0.191. The van der Waals surface area contributed by atoms with Crippen LogP contribution >= 0.6 is 0 Å². The van der Waals surface area contributed by atoms with Gasteiger partial charge in [0.25, 0.3) is 0 Å². The lowest BCUT2D eigenvalue weighted by Gasteiger charge is -2.38. The zero-order valence-corrected chi connectivity index (χ0v) is 13.8. The highest BCUT2D eigenvalue weighted by Crippen LogP contribution is 2.27. The Kier molecular flexibility index (Phi) is 5.62. The minimum atomic E-state index is -1.29. The predicted molar refractivity (Wildman–Crippen MR) is 83.4 cm³/mol. The highest BCUT2D eigenvalue weighted by molar-refractivity contribution is 6.60. The smallest absolute Gasteiger partial charge is 0.491 e. The summed E-state index contributed by atoms with van der Waals surface area (Å²) in [6, 6.07) is 4.62. The molecule has 7 heteroatoms. The second-order valence-corrected chi connectivity index (χ2v) is 6.04. The van der Waals surface area contributed by atoms with Gasteiger partial charge < -0.3 is 24.3 Å². The molecule has 0 aliphatic rings. The van der Waals surface area contributed by atoms with Gasteiger partial charge in [-0.2, -0.15) is 0 Å². The summed E-state index contributed by atoms with van der Waals surface area (Å²) < 4.78 is 15.7. The van der Waals surface area contributed by atoms with E-state index in [1.54, 1.807) is 39.8 Å². The van der Waals surface area contributed by atoms with Gasteiger partial charge in [0.15, 0.2) is 11.5 Å². The zero-order chi connectivity index (χ0) is 17.1. The highest BCUT2D eigenvalue weighted by Gasteiger charge is 2.39. The van der Waals surface area contributed by atoms with Gasteiger partial charge in [-0.05, 0) is 45.3 Å². The van der Waals surface area contributed by atoms with E-state index in [0.717, 1.165) is 0 Å². The second kappa shape index (κ2) is 6.68. The fourth-order valence-electron chi connectivity index (χ4n) is 1.57. The van der Waals surface area contributed by atoms with E-state index in [-0.39, 0.29) is 5.75 Å². The molecular formula is C15H23BO6. The molecule has 1 rings (SSSR count). The van der Waals surface area contributed by atoms with Gasteiger partial charge in [-0.1, -0.05) is 6.07 Å². The van der Waals surface area contributed by atoms with E-state index >= 15 is 0 Å². The first-order valence-corrected chi connectivity index (χ1v) is 6.92. The van der Waals surface area contributed by atoms with Gasteiger partial charge in [-0.15, -0.1) is 0 Å². The first-order valence-electron chi connectivity index (χ1n) is 6.92. The summed E-state index contributed by atoms with van der Waals surface area (Å²) in [6.45, 7) is 7.81. The summed E-state index contributed by atoms with van der Waals surface area (Å²) in [5.41, 5.74) is -1.76. The van der Waals surface area contributed by atoms with Gasteiger partial charge in [0.2, 0.25) is 0 Å². The molecule has 1 aromatic rings. The van der Waals surface area contributed by atoms with Crippen LogP contribution in [0.4, 0.5) is 0 Å². The molecule has 0 bridgehead atoms. The molecule has 22 heavy (non-hydrogen) atoms. The maximum Gasteiger partial charge on any atom is 0.491 e. The van der Waals surface area contributed by atoms with Crippen molar-refractivity contribution in [1.29, 1.82) is 0 Å². The van der Waals surface area contributed by atoms with Crippen LogP contribution in [0.15, 0.2) is 18.2 Å². The van der Waals surface area contributed by atoms with E-state index < -0.39 is 24.3 Å². The van der Waals surface area contributed by atoms with E-state index in [0.29, 0.717) is 11.2 Å². The maximum atomic E-state index is 11.1. The third kappa shape index (κ3) is 4.46. The molecule has 0 aliphatic heterocycles. The van der Waals surface area contributed by atoms with Crippen molar-refractivity contribution in [1.82, 2.24) is 0 Å². The van der Waals surface area contributed by atoms with Crippen LogP contribution in [0.2, 0.25) is 0 Å². The SMILES string of the molecule is COc1ccc(B(O)OC(C)(C)C(C)(C)O)cc1OC(C)=O. The summed E-state index contributed by atoms with van der Waals surface area (Å²) in [4.78, 5) is 11.1. The molecule has 0 heterocycles. The molecule has 122 valence electrons. The fourth-order valence-corrected chi connectivity index (χ4v) is 1.57. The standard InChI is InChI=1S/C15H23BO6/c1-10(17)21-13-9-11(7-8-12(13)20-6)16(19)22-15(4,5)14(2,3)18/h7-9,18-19H,1-6H3. The Labute approximate surface area is 131 Å². The Hall–Kier alpha value is -1.57. The van der Waals surface area contributed by atoms with Gasteiger partial charge >= 0.3 is 13.1 Å². The molecule has 0 atom stereocenters. The highest BCUT2D eigenvalue weighted by atomic mass is 16.6. The molecule has 2 N–H and O–H groups in total. The van der Waals surface area contributed by atoms with Crippen molar-refractivity contribution >= 4 is 18.6 Å². The summed E-state index contributed by atoms with van der Waals surface area (Å²) in [5, 5.41) is 20.3. The van der Waals surface area contributed by atoms with Crippen LogP contribution in [-0.2, 0) is 9.45 Å². The predicted octanol–water partition coefficient (Wildman–Crippen LogP) is 0.874. The number of methoxy groups -OCH3 is 1. The van der Waals surface area contributed by atoms with Crippen molar-refractivity contribution in [3.63, 3.8) is 0 Å². The van der Waals surface area contributed by atoms with E-state index in [1.165, 1.54) is 20.1 Å². The molecule has 0 aromatic heterocycles. The number of carbonyl (C=O) groups excluding carboxylic acids is 1. The summed E-state index contributed by atoms with van der Waals surface area (Å²) in [6.07, 6.45) is 0. The second-order valence-electron chi connectivity index (χ2n) is 6.04. The molecule has 0 amide bonds. The minimum Gasteiger partial charge on any atom is -0.493 e. The largest absolute Gasteiger partial charge is 0.493 e. The molecule has 0 unspecified atom stereocenters. The average Bonchev–Trinajstić information content (AvgIpc) is 2.36. The lowest BCUT2D eigenvalue weighted by molar-refractivity contribution is -0.132. The van der Waals surface area contributed by atoms with E-state index in [2.05, 4.69) is 0 Å². The Morgan fingerprint density at radius 1 is 1.18 bits per heavy atom. The van der Waals surface area contributed by atoms with Crippen LogP contribution < -0.4 is 14.9 Å². The third-order valence-electron chi connectivity index (χ3n) is 3.61. The lowest BCUT2D eigenvalue weighted by atomic mass is 9.76. The van der Waals surface area contributed by atoms with Crippen molar-refractivity contribution in [2.24, 2.45) is 0 Å². The Morgan fingerprint density at radius 2 is 1.77 bits per heavy atom. The Balaban J connectivity index is 3.04. The molecular weight excluding hydrogens is 287 g/mol. The quantitative estimate of drug-likeness (QED) is 0.461. The summed E-state index contributed by atoms with van der Waals surface area (Å²) in [7, 11) is 0.161. The van der Waals surface area contributed by atoms with Crippen molar-refractivity contribution < 1.29 is 29.1 Å². The van der Waals surface area contributed by atoms with Gasteiger partial charge in [-0.25, -0.2) is 0 Å². The van der Waals surface area contributed by atoms with Crippen molar-refractivity contribution in [2.75, 3.05) is 7.11 Å². The van der Waals surface area contributed by atoms with Gasteiger partial charge in [0.1, 0.15) is 0 Å². The van der Waals surface area contributed by atoms with Crippen LogP contribution in [0.3, 0.4) is 0 Å². The van der Waals surface area contributed by atoms with Gasteiger partial charge in [0, 0.05) is 6.92 Å². The molecule has 0 fully saturated rings. The zero-order valence-electron chi connectivity index (χ0n) is 13.8. The number of carbonyl (C=O) groups is 1. The van der Waals surface area contributed by atoms with Crippen LogP contribution in [-0.4, -0.2) is 41.5 Å². The summed E-state index contributed by atoms with van der Waals surface area (Å²) in [5.74, 6) is 0.0618. The number of rotatable bonds is 6. The average molecular weight is 310 g/mol. The number of hydrogen-bond donors (Lipinski definition) is 2. The Bertz CT molecular complexity index is 535. The van der Waals surface area contributed by atoms with Gasteiger partial charge in [-0.3, -0.25) is 4.79 Å². The molecule has 0 spiro atoms. The first kappa shape index (κ1) is 18.5. The van der Waals surface area contributed by atoms with Crippen molar-refractivity contribution in [2.45, 2.75) is 45.8 Å². The molecule has 1 aromatic carbocycles. The lowest BCUT2D eigenvalue weighted by Crippen LogP contribution is -2.53. The summed E-state index contributed by atoms with van der Waals surface area (Å²) >= 11 is 0. The number of ether oxygens (including phenoxy) is 2. The topological polar surface area (TPSA) is 85.2 Å². The number of hydrogen-bond acceptors (Lipinski definition) is 6. The molecule has 6 nitrogen and oxygen atoms in total. The molecule has 0 saturated heterocycles. The van der Waals surface area contributed by atoms with Crippen molar-refractivity contribution in [3.8, 4) is 11.5 Å². The van der Waals surface area contributed by atoms with Crippen molar-refractivity contribution in [3.05, 3.63) is 18.2 Å². The molecule has 0 saturated carbocycles. The van der Waals surface area contributed by atoms with E-state index in [9.17, 15) is 14.9 Å². The third-order valence-corrected chi connectivity index (χ3v) is 3.61. The maximum absolute atomic E-state index is 11.1. The number of benzene rings is 1. The van der Waals surface area contributed by atoms with Gasteiger partial charge in [0.05, 0.1) is 18.3 Å².